The summed E-state index contributed by atoms with van der Waals surface area (Å²) >= 11 is 5.35. The van der Waals surface area contributed by atoms with Gasteiger partial charge in [-0.15, -0.1) is 0 Å². The van der Waals surface area contributed by atoms with E-state index in [0.29, 0.717) is 0 Å². The van der Waals surface area contributed by atoms with Crippen molar-refractivity contribution >= 4 is 11.6 Å². The minimum atomic E-state index is -2.92. The Hall–Kier alpha value is -0.810. The molecule has 0 bridgehead atoms. The van der Waals surface area contributed by atoms with Crippen molar-refractivity contribution in [1.29, 1.82) is 0 Å². The minimum absolute atomic E-state index is 0.347. The number of aliphatic hydroxyl groups is 1. The molecule has 0 atom stereocenters. The topological polar surface area (TPSA) is 33.1 Å². The normalized spacial score (nSPS) is 10.9. The van der Waals surface area contributed by atoms with Gasteiger partial charge in [0.1, 0.15) is 0 Å². The number of alkyl halides is 2. The molecule has 0 spiro atoms. The Labute approximate surface area is 77.0 Å². The van der Waals surface area contributed by atoms with Crippen LogP contribution in [0.5, 0.6) is 0 Å². The van der Waals surface area contributed by atoms with Gasteiger partial charge in [0, 0.05) is 17.3 Å². The average molecular weight is 212 g/mol. The molecule has 0 saturated heterocycles. The van der Waals surface area contributed by atoms with Crippen LogP contribution in [-0.4, -0.2) is 10.1 Å². The minimum Gasteiger partial charge on any atom is -0.391 e. The monoisotopic (exact) mass is 211 g/mol. The van der Waals surface area contributed by atoms with Crippen LogP contribution in [0.25, 0.3) is 0 Å². The maximum atomic E-state index is 12.7. The van der Waals surface area contributed by atoms with E-state index in [1.54, 1.807) is 0 Å². The lowest BCUT2D eigenvalue weighted by atomic mass is 10.1. The molecular weight excluding hydrogens is 207 g/mol. The maximum absolute atomic E-state index is 12.7. The van der Waals surface area contributed by atoms with E-state index < -0.39 is 30.1 Å². The summed E-state index contributed by atoms with van der Waals surface area (Å²) < 4.78 is 37.3. The van der Waals surface area contributed by atoms with Crippen molar-refractivity contribution in [3.05, 3.63) is 28.3 Å². The lowest BCUT2D eigenvalue weighted by Gasteiger charge is -2.08. The Balaban J connectivity index is 3.35. The van der Waals surface area contributed by atoms with Crippen molar-refractivity contribution in [2.75, 3.05) is 0 Å². The summed E-state index contributed by atoms with van der Waals surface area (Å²) in [6, 6.07) is 0. The zero-order valence-corrected chi connectivity index (χ0v) is 7.02. The number of hydrogen-bond donors (Lipinski definition) is 1. The first-order valence-electron chi connectivity index (χ1n) is 3.29. The van der Waals surface area contributed by atoms with Crippen LogP contribution < -0.4 is 0 Å². The second kappa shape index (κ2) is 3.93. The lowest BCUT2D eigenvalue weighted by molar-refractivity contribution is 0.145. The van der Waals surface area contributed by atoms with E-state index in [0.717, 1.165) is 6.20 Å². The number of pyridine rings is 1. The van der Waals surface area contributed by atoms with Gasteiger partial charge in [-0.25, -0.2) is 13.8 Å². The first kappa shape index (κ1) is 10.3. The number of aliphatic hydroxyl groups excluding tert-OH is 1. The zero-order chi connectivity index (χ0) is 10.0. The third-order valence-electron chi connectivity index (χ3n) is 1.50. The number of nitrogens with zero attached hydrogens (tertiary/aromatic N) is 1. The van der Waals surface area contributed by atoms with Crippen LogP contribution >= 0.6 is 11.6 Å². The molecule has 2 nitrogen and oxygen atoms in total. The third kappa shape index (κ3) is 1.92. The van der Waals surface area contributed by atoms with Gasteiger partial charge in [-0.2, -0.15) is 4.39 Å². The smallest absolute Gasteiger partial charge is 0.265 e. The Bertz CT molecular complexity index is 319. The van der Waals surface area contributed by atoms with Gasteiger partial charge in [0.25, 0.3) is 6.43 Å². The van der Waals surface area contributed by atoms with Crippen molar-refractivity contribution < 1.29 is 18.3 Å². The quantitative estimate of drug-likeness (QED) is 0.762. The summed E-state index contributed by atoms with van der Waals surface area (Å²) in [4.78, 5) is 3.10. The Kier molecular flexibility index (Phi) is 3.11. The van der Waals surface area contributed by atoms with E-state index in [1.807, 2.05) is 0 Å². The van der Waals surface area contributed by atoms with Crippen LogP contribution in [0.4, 0.5) is 13.2 Å². The molecule has 0 aliphatic carbocycles. The average Bonchev–Trinajstić information content (AvgIpc) is 2.07. The summed E-state index contributed by atoms with van der Waals surface area (Å²) in [5, 5.41) is 8.25. The number of halogens is 4. The summed E-state index contributed by atoms with van der Waals surface area (Å²) in [6.07, 6.45) is -2.13. The van der Waals surface area contributed by atoms with Crippen molar-refractivity contribution in [3.8, 4) is 0 Å². The molecule has 1 rings (SSSR count). The fraction of sp³-hybridized carbons (Fsp3) is 0.286. The summed E-state index contributed by atoms with van der Waals surface area (Å²) in [7, 11) is 0. The van der Waals surface area contributed by atoms with E-state index >= 15 is 0 Å². The van der Waals surface area contributed by atoms with Crippen LogP contribution in [0, 0.1) is 5.95 Å². The Morgan fingerprint density at radius 1 is 1.54 bits per heavy atom. The van der Waals surface area contributed by atoms with Crippen molar-refractivity contribution in [2.45, 2.75) is 13.0 Å². The molecule has 1 aromatic rings. The second-order valence-electron chi connectivity index (χ2n) is 2.25. The lowest BCUT2D eigenvalue weighted by Crippen LogP contribution is -2.02. The van der Waals surface area contributed by atoms with Gasteiger partial charge in [0.05, 0.1) is 11.6 Å². The fourth-order valence-electron chi connectivity index (χ4n) is 0.902. The largest absolute Gasteiger partial charge is 0.391 e. The maximum Gasteiger partial charge on any atom is 0.265 e. The predicted octanol–water partition coefficient (Wildman–Crippen LogP) is 2.30. The molecular formula is C7H5ClF3NO. The molecule has 13 heavy (non-hydrogen) atoms. The highest BCUT2D eigenvalue weighted by Gasteiger charge is 2.20. The van der Waals surface area contributed by atoms with Gasteiger partial charge >= 0.3 is 0 Å². The van der Waals surface area contributed by atoms with Gasteiger partial charge in [0.15, 0.2) is 0 Å². The second-order valence-corrected chi connectivity index (χ2v) is 2.66. The van der Waals surface area contributed by atoms with E-state index in [4.69, 9.17) is 16.7 Å². The summed E-state index contributed by atoms with van der Waals surface area (Å²) in [6.45, 7) is -0.848. The first-order valence-corrected chi connectivity index (χ1v) is 3.67. The van der Waals surface area contributed by atoms with E-state index in [2.05, 4.69) is 4.98 Å². The number of aromatic nitrogens is 1. The van der Waals surface area contributed by atoms with Gasteiger partial charge in [0.2, 0.25) is 5.95 Å². The summed E-state index contributed by atoms with van der Waals surface area (Å²) in [5.74, 6) is -1.12. The van der Waals surface area contributed by atoms with Gasteiger partial charge < -0.3 is 5.11 Å². The van der Waals surface area contributed by atoms with Crippen molar-refractivity contribution in [2.24, 2.45) is 0 Å². The number of hydrogen-bond acceptors (Lipinski definition) is 2. The molecule has 0 radical (unpaired) electrons. The van der Waals surface area contributed by atoms with Gasteiger partial charge in [-0.1, -0.05) is 11.6 Å². The molecule has 0 unspecified atom stereocenters. The molecule has 0 aliphatic rings. The zero-order valence-electron chi connectivity index (χ0n) is 6.27. The Morgan fingerprint density at radius 3 is 2.54 bits per heavy atom. The SMILES string of the molecule is OCc1c(F)ncc(Cl)c1C(F)F. The van der Waals surface area contributed by atoms with E-state index in [1.165, 1.54) is 0 Å². The first-order chi connectivity index (χ1) is 6.07. The van der Waals surface area contributed by atoms with Crippen LogP contribution in [-0.2, 0) is 6.61 Å². The highest BCUT2D eigenvalue weighted by molar-refractivity contribution is 6.31. The summed E-state index contributed by atoms with van der Waals surface area (Å²) in [5.41, 5.74) is -1.25. The molecule has 0 saturated carbocycles. The highest BCUT2D eigenvalue weighted by atomic mass is 35.5. The molecule has 6 heteroatoms. The third-order valence-corrected chi connectivity index (χ3v) is 1.80. The van der Waals surface area contributed by atoms with Gasteiger partial charge in [-0.05, 0) is 0 Å². The van der Waals surface area contributed by atoms with Gasteiger partial charge in [-0.3, -0.25) is 0 Å². The Morgan fingerprint density at radius 2 is 2.15 bits per heavy atom. The molecule has 1 aromatic heterocycles. The molecule has 72 valence electrons. The van der Waals surface area contributed by atoms with Crippen LogP contribution in [0.15, 0.2) is 6.20 Å². The van der Waals surface area contributed by atoms with E-state index in [9.17, 15) is 13.2 Å². The standard InChI is InChI=1S/C7H5ClF3NO/c8-4-1-12-7(11)3(2-13)5(4)6(9)10/h1,6,13H,2H2. The van der Waals surface area contributed by atoms with Crippen LogP contribution in [0.1, 0.15) is 17.6 Å². The molecule has 1 N–H and O–H groups in total. The highest BCUT2D eigenvalue weighted by Crippen LogP contribution is 2.30. The van der Waals surface area contributed by atoms with Crippen LogP contribution in [0.2, 0.25) is 5.02 Å². The van der Waals surface area contributed by atoms with Crippen LogP contribution in [0.3, 0.4) is 0 Å². The molecule has 0 amide bonds. The molecule has 0 aliphatic heterocycles. The number of rotatable bonds is 2. The van der Waals surface area contributed by atoms with Crippen molar-refractivity contribution in [3.63, 3.8) is 0 Å². The molecule has 1 heterocycles. The fourth-order valence-corrected chi connectivity index (χ4v) is 1.15. The van der Waals surface area contributed by atoms with E-state index in [-0.39, 0.29) is 5.02 Å². The molecule has 0 aromatic carbocycles. The predicted molar refractivity (Wildman–Crippen MR) is 40.1 cm³/mol. The van der Waals surface area contributed by atoms with Crippen molar-refractivity contribution in [1.82, 2.24) is 4.98 Å². The molecule has 0 fully saturated rings.